The molecule has 3 heterocycles. The number of hydrogen-bond acceptors (Lipinski definition) is 5. The van der Waals surface area contributed by atoms with E-state index >= 15 is 0 Å². The van der Waals surface area contributed by atoms with Crippen molar-refractivity contribution in [2.45, 2.75) is 13.3 Å². The van der Waals surface area contributed by atoms with Gasteiger partial charge in [-0.15, -0.1) is 10.2 Å². The summed E-state index contributed by atoms with van der Waals surface area (Å²) in [6.07, 6.45) is 2.63. The number of carbonyl (C=O) groups is 1. The van der Waals surface area contributed by atoms with Crippen LogP contribution in [-0.2, 0) is 6.42 Å². The molecule has 1 aliphatic rings. The van der Waals surface area contributed by atoms with Gasteiger partial charge in [0.1, 0.15) is 0 Å². The molecule has 0 bridgehead atoms. The van der Waals surface area contributed by atoms with Crippen LogP contribution in [-0.4, -0.2) is 56.8 Å². The Morgan fingerprint density at radius 1 is 1.12 bits per heavy atom. The second-order valence-electron chi connectivity index (χ2n) is 6.24. The second-order valence-corrected chi connectivity index (χ2v) is 6.68. The number of amides is 1. The summed E-state index contributed by atoms with van der Waals surface area (Å²) < 4.78 is 1.77. The fourth-order valence-corrected chi connectivity index (χ4v) is 3.29. The van der Waals surface area contributed by atoms with Gasteiger partial charge in [-0.3, -0.25) is 4.79 Å². The van der Waals surface area contributed by atoms with E-state index in [-0.39, 0.29) is 5.91 Å². The van der Waals surface area contributed by atoms with Gasteiger partial charge in [0.25, 0.3) is 5.91 Å². The van der Waals surface area contributed by atoms with Crippen LogP contribution in [0.1, 0.15) is 23.1 Å². The molecule has 1 aromatic carbocycles. The van der Waals surface area contributed by atoms with Gasteiger partial charge >= 0.3 is 0 Å². The highest BCUT2D eigenvalue weighted by atomic mass is 35.5. The molecule has 0 unspecified atom stereocenters. The number of hydrogen-bond donors (Lipinski definition) is 0. The quantitative estimate of drug-likeness (QED) is 0.707. The average molecular weight is 371 g/mol. The van der Waals surface area contributed by atoms with Gasteiger partial charge in [-0.2, -0.15) is 9.61 Å². The standard InChI is InChI=1S/C18H19ClN6O/c1-2-16-21-22-17-11-15(12-20-25(16)17)23-7-9-24(10-8-23)18(26)13-3-5-14(19)6-4-13/h3-6,11-12H,2,7-10H2,1H3. The average Bonchev–Trinajstić information content (AvgIpc) is 3.10. The number of aryl methyl sites for hydroxylation is 1. The van der Waals surface area contributed by atoms with Crippen molar-refractivity contribution >= 4 is 28.8 Å². The number of aromatic nitrogens is 4. The minimum Gasteiger partial charge on any atom is -0.367 e. The fraction of sp³-hybridized carbons (Fsp3) is 0.333. The maximum atomic E-state index is 12.6. The zero-order valence-electron chi connectivity index (χ0n) is 14.5. The minimum absolute atomic E-state index is 0.0416. The van der Waals surface area contributed by atoms with Gasteiger partial charge in [-0.05, 0) is 24.3 Å². The SMILES string of the molecule is CCc1nnc2cc(N3CCN(C(=O)c4ccc(Cl)cc4)CC3)cnn12. The molecule has 3 aromatic rings. The van der Waals surface area contributed by atoms with E-state index in [1.807, 2.05) is 24.1 Å². The van der Waals surface area contributed by atoms with E-state index in [0.29, 0.717) is 23.7 Å². The first-order valence-corrected chi connectivity index (χ1v) is 9.03. The van der Waals surface area contributed by atoms with Crippen molar-refractivity contribution in [3.8, 4) is 0 Å². The van der Waals surface area contributed by atoms with Crippen molar-refractivity contribution in [1.29, 1.82) is 0 Å². The summed E-state index contributed by atoms with van der Waals surface area (Å²) in [5, 5.41) is 13.4. The van der Waals surface area contributed by atoms with E-state index in [9.17, 15) is 4.79 Å². The highest BCUT2D eigenvalue weighted by molar-refractivity contribution is 6.30. The van der Waals surface area contributed by atoms with Crippen molar-refractivity contribution < 1.29 is 4.79 Å². The van der Waals surface area contributed by atoms with Gasteiger partial charge in [0, 0.05) is 49.3 Å². The summed E-state index contributed by atoms with van der Waals surface area (Å²) in [7, 11) is 0. The van der Waals surface area contributed by atoms with E-state index in [2.05, 4.69) is 20.2 Å². The molecule has 2 aromatic heterocycles. The monoisotopic (exact) mass is 370 g/mol. The van der Waals surface area contributed by atoms with Crippen LogP contribution in [0.4, 0.5) is 5.69 Å². The van der Waals surface area contributed by atoms with E-state index in [1.54, 1.807) is 28.8 Å². The molecule has 0 aliphatic carbocycles. The van der Waals surface area contributed by atoms with Crippen LogP contribution in [0.5, 0.6) is 0 Å². The van der Waals surface area contributed by atoms with E-state index in [0.717, 1.165) is 36.7 Å². The molecule has 0 N–H and O–H groups in total. The Bertz CT molecular complexity index is 931. The van der Waals surface area contributed by atoms with Crippen LogP contribution in [0.3, 0.4) is 0 Å². The molecule has 1 fully saturated rings. The van der Waals surface area contributed by atoms with Crippen molar-refractivity contribution in [3.05, 3.63) is 52.9 Å². The fourth-order valence-electron chi connectivity index (χ4n) is 3.16. The summed E-state index contributed by atoms with van der Waals surface area (Å²) in [5.41, 5.74) is 2.42. The van der Waals surface area contributed by atoms with Crippen molar-refractivity contribution in [2.24, 2.45) is 0 Å². The number of rotatable bonds is 3. The molecule has 1 aliphatic heterocycles. The number of anilines is 1. The third-order valence-corrected chi connectivity index (χ3v) is 4.90. The smallest absolute Gasteiger partial charge is 0.253 e. The first-order valence-electron chi connectivity index (χ1n) is 8.66. The van der Waals surface area contributed by atoms with Gasteiger partial charge in [0.05, 0.1) is 11.9 Å². The predicted octanol–water partition coefficient (Wildman–Crippen LogP) is 2.30. The van der Waals surface area contributed by atoms with E-state index in [1.165, 1.54) is 0 Å². The normalized spacial score (nSPS) is 14.8. The molecule has 0 spiro atoms. The van der Waals surface area contributed by atoms with Gasteiger partial charge in [-0.1, -0.05) is 18.5 Å². The van der Waals surface area contributed by atoms with Crippen LogP contribution < -0.4 is 4.90 Å². The topological polar surface area (TPSA) is 66.6 Å². The van der Waals surface area contributed by atoms with Crippen LogP contribution in [0.15, 0.2) is 36.5 Å². The lowest BCUT2D eigenvalue weighted by atomic mass is 10.2. The lowest BCUT2D eigenvalue weighted by Gasteiger charge is -2.36. The Balaban J connectivity index is 1.44. The second kappa shape index (κ2) is 6.92. The number of fused-ring (bicyclic) bond motifs is 1. The summed E-state index contributed by atoms with van der Waals surface area (Å²) in [5.74, 6) is 0.893. The number of halogens is 1. The van der Waals surface area contributed by atoms with E-state index in [4.69, 9.17) is 11.6 Å². The Kier molecular flexibility index (Phi) is 4.46. The number of benzene rings is 1. The number of carbonyl (C=O) groups excluding carboxylic acids is 1. The molecule has 4 rings (SSSR count). The Morgan fingerprint density at radius 3 is 2.54 bits per heavy atom. The summed E-state index contributed by atoms with van der Waals surface area (Å²) in [4.78, 5) is 16.7. The Hall–Kier alpha value is -2.67. The van der Waals surface area contributed by atoms with Crippen molar-refractivity contribution in [1.82, 2.24) is 24.7 Å². The predicted molar refractivity (Wildman–Crippen MR) is 99.7 cm³/mol. The first kappa shape index (κ1) is 16.8. The lowest BCUT2D eigenvalue weighted by Crippen LogP contribution is -2.48. The van der Waals surface area contributed by atoms with Gasteiger partial charge in [0.15, 0.2) is 11.5 Å². The van der Waals surface area contributed by atoms with Crippen LogP contribution in [0.2, 0.25) is 5.02 Å². The molecule has 8 heteroatoms. The molecule has 0 saturated carbocycles. The van der Waals surface area contributed by atoms with Crippen LogP contribution in [0.25, 0.3) is 5.65 Å². The summed E-state index contributed by atoms with van der Waals surface area (Å²) >= 11 is 5.89. The van der Waals surface area contributed by atoms with Gasteiger partial charge in [0.2, 0.25) is 0 Å². The third-order valence-electron chi connectivity index (χ3n) is 4.65. The minimum atomic E-state index is 0.0416. The maximum absolute atomic E-state index is 12.6. The van der Waals surface area contributed by atoms with Crippen LogP contribution in [0, 0.1) is 0 Å². The maximum Gasteiger partial charge on any atom is 0.253 e. The van der Waals surface area contributed by atoms with Gasteiger partial charge < -0.3 is 9.80 Å². The largest absolute Gasteiger partial charge is 0.367 e. The zero-order chi connectivity index (χ0) is 18.1. The van der Waals surface area contributed by atoms with Gasteiger partial charge in [-0.25, -0.2) is 0 Å². The molecule has 7 nitrogen and oxygen atoms in total. The van der Waals surface area contributed by atoms with Crippen molar-refractivity contribution in [2.75, 3.05) is 31.1 Å². The van der Waals surface area contributed by atoms with Crippen molar-refractivity contribution in [3.63, 3.8) is 0 Å². The number of piperazine rings is 1. The highest BCUT2D eigenvalue weighted by Crippen LogP contribution is 2.19. The molecule has 1 amide bonds. The van der Waals surface area contributed by atoms with Crippen LogP contribution >= 0.6 is 11.6 Å². The summed E-state index contributed by atoms with van der Waals surface area (Å²) in [6, 6.07) is 9.02. The molecule has 0 radical (unpaired) electrons. The molecule has 0 atom stereocenters. The number of nitrogens with zero attached hydrogens (tertiary/aromatic N) is 6. The molecular weight excluding hydrogens is 352 g/mol. The Labute approximate surface area is 156 Å². The summed E-state index contributed by atoms with van der Waals surface area (Å²) in [6.45, 7) is 4.87. The highest BCUT2D eigenvalue weighted by Gasteiger charge is 2.23. The zero-order valence-corrected chi connectivity index (χ0v) is 15.2. The molecule has 1 saturated heterocycles. The first-order chi connectivity index (χ1) is 12.7. The molecular formula is C18H19ClN6O. The Morgan fingerprint density at radius 2 is 1.85 bits per heavy atom. The molecule has 26 heavy (non-hydrogen) atoms. The van der Waals surface area contributed by atoms with E-state index < -0.39 is 0 Å². The molecule has 134 valence electrons. The lowest BCUT2D eigenvalue weighted by molar-refractivity contribution is 0.0747. The third kappa shape index (κ3) is 3.10.